The number of hydrogen-bond donors (Lipinski definition) is 0. The summed E-state index contributed by atoms with van der Waals surface area (Å²) in [4.78, 5) is 2.08. The summed E-state index contributed by atoms with van der Waals surface area (Å²) in [5.74, 6) is 0. The standard InChI is InChI=1S/CHNSe.K.H2O/c2-1-3;;/h3H;;1H2/q;+1;/p-1. The first kappa shape index (κ1) is 9.79. The molecule has 0 aromatic heterocycles. The van der Waals surface area contributed by atoms with E-state index in [1.807, 2.05) is 0 Å². The van der Waals surface area contributed by atoms with Crippen LogP contribution < -0.4 is 0 Å². The van der Waals surface area contributed by atoms with Crippen LogP contribution in [0.1, 0.15) is 0 Å². The summed E-state index contributed by atoms with van der Waals surface area (Å²) in [5, 5.41) is 7.70. The van der Waals surface area contributed by atoms with Crippen molar-refractivity contribution in [3.8, 4) is 4.97 Å². The van der Waals surface area contributed by atoms with Crippen molar-refractivity contribution < 1.29 is 5.48 Å². The van der Waals surface area contributed by atoms with E-state index in [1.54, 1.807) is 0 Å². The smallest absolute Gasteiger partial charge is 0.412 e. The molecule has 0 amide bonds. The summed E-state index contributed by atoms with van der Waals surface area (Å²) in [6, 6.07) is 0. The molecular weight excluding hydrogens is 160 g/mol. The van der Waals surface area contributed by atoms with E-state index in [0.29, 0.717) is 5.60 Å². The fraction of sp³-hybridized carbons (Fsp3) is 0. The van der Waals surface area contributed by atoms with Crippen LogP contribution in [0.15, 0.2) is 0 Å². The molecule has 0 bridgehead atoms. The second-order valence-corrected chi connectivity index (χ2v) is 4.85. The van der Waals surface area contributed by atoms with Crippen LogP contribution in [-0.2, 0) is 0 Å². The van der Waals surface area contributed by atoms with Crippen LogP contribution in [0.25, 0.3) is 0 Å². The van der Waals surface area contributed by atoms with Gasteiger partial charge in [-0.2, -0.15) is 0 Å². The van der Waals surface area contributed by atoms with Crippen molar-refractivity contribution >= 4 is 51.0 Å². The van der Waals surface area contributed by atoms with Gasteiger partial charge >= 0.3 is 61.2 Å². The van der Waals surface area contributed by atoms with Gasteiger partial charge in [0, 0.05) is 0 Å². The Kier molecular flexibility index (Phi) is 17.9. The molecule has 0 saturated carbocycles. The Bertz CT molecular complexity index is 41.4. The average Bonchev–Trinajstić information content (AvgIpc) is 1.37. The first-order valence-corrected chi connectivity index (χ1v) is 10.0. The van der Waals surface area contributed by atoms with Crippen LogP contribution in [0, 0.1) is 10.2 Å². The minimum absolute atomic E-state index is 0. The molecule has 0 spiro atoms. The molecule has 0 saturated heterocycles. The Morgan fingerprint density at radius 1 is 1.80 bits per heavy atom. The quantitative estimate of drug-likeness (QED) is 0.397. The fourth-order valence-electron chi connectivity index (χ4n) is 0. The summed E-state index contributed by atoms with van der Waals surface area (Å²) < 4.78 is 0. The Hall–Kier alpha value is 1.61. The van der Waals surface area contributed by atoms with Gasteiger partial charge < -0.3 is 5.48 Å². The van der Waals surface area contributed by atoms with Crippen LogP contribution in [-0.4, -0.2) is 56.5 Å². The molecule has 4 heteroatoms. The van der Waals surface area contributed by atoms with Crippen molar-refractivity contribution in [3.63, 3.8) is 0 Å². The van der Waals surface area contributed by atoms with Crippen molar-refractivity contribution in [2.75, 3.05) is 0 Å². The van der Waals surface area contributed by atoms with E-state index in [9.17, 15) is 0 Å². The molecular formula is CH2KNOSe. The van der Waals surface area contributed by atoms with E-state index in [-0.39, 0.29) is 5.48 Å². The molecule has 5 heavy (non-hydrogen) atoms. The maximum Gasteiger partial charge on any atom is -0.412 e. The van der Waals surface area contributed by atoms with Crippen molar-refractivity contribution in [3.05, 3.63) is 0 Å². The topological polar surface area (TPSA) is 55.3 Å². The molecule has 0 aromatic carbocycles. The molecule has 0 rings (SSSR count). The van der Waals surface area contributed by atoms with E-state index in [2.05, 4.69) is 4.97 Å². The van der Waals surface area contributed by atoms with Gasteiger partial charge in [-0.3, -0.25) is 0 Å². The van der Waals surface area contributed by atoms with Gasteiger partial charge in [0.05, 0.1) is 0 Å². The van der Waals surface area contributed by atoms with Gasteiger partial charge in [-0.15, -0.1) is 0 Å². The van der Waals surface area contributed by atoms with Gasteiger partial charge in [0.2, 0.25) is 0 Å². The monoisotopic (exact) mass is 163 g/mol. The maximum absolute atomic E-state index is 7.70. The normalized spacial score (nSPS) is 4.20. The fourth-order valence-corrected chi connectivity index (χ4v) is 0. The van der Waals surface area contributed by atoms with Crippen LogP contribution >= 0.6 is 0 Å². The number of nitriles is 1. The summed E-state index contributed by atoms with van der Waals surface area (Å²) in [7, 11) is 0. The number of rotatable bonds is 0. The van der Waals surface area contributed by atoms with Gasteiger partial charge in [0.1, 0.15) is 0 Å². The van der Waals surface area contributed by atoms with E-state index >= 15 is 0 Å². The second-order valence-electron chi connectivity index (χ2n) is 0.295. The zero-order valence-electron chi connectivity index (χ0n) is 2.86. The summed E-state index contributed by atoms with van der Waals surface area (Å²) in [6.07, 6.45) is 0. The second kappa shape index (κ2) is 9.15. The summed E-state index contributed by atoms with van der Waals surface area (Å²) in [5.41, 5.74) is 0.410. The molecule has 2 N–H and O–H groups in total. The predicted molar refractivity (Wildman–Crippen MR) is 20.7 cm³/mol. The van der Waals surface area contributed by atoms with Gasteiger partial charge in [0.15, 0.2) is 0 Å². The van der Waals surface area contributed by atoms with Gasteiger partial charge in [0.25, 0.3) is 0 Å². The van der Waals surface area contributed by atoms with Crippen LogP contribution in [0.3, 0.4) is 0 Å². The van der Waals surface area contributed by atoms with E-state index in [0.717, 1.165) is 45.4 Å². The van der Waals surface area contributed by atoms with Crippen LogP contribution in [0.4, 0.5) is 0 Å². The molecule has 0 radical (unpaired) electrons. The summed E-state index contributed by atoms with van der Waals surface area (Å²) in [6.45, 7) is 0. The third-order valence-electron chi connectivity index (χ3n) is 0.0913. The van der Waals surface area contributed by atoms with Crippen molar-refractivity contribution in [2.24, 2.45) is 0 Å². The minimum atomic E-state index is 0. The molecule has 2 nitrogen and oxygen atoms in total. The number of nitrogens with zero attached hydrogens (tertiary/aromatic N) is 1. The molecule has 0 aromatic rings. The largest absolute Gasteiger partial charge is 0.412 e. The third kappa shape index (κ3) is 10.7. The van der Waals surface area contributed by atoms with Gasteiger partial charge in [-0.1, -0.05) is 0 Å². The Labute approximate surface area is 65.1 Å². The Morgan fingerprint density at radius 2 is 2.00 bits per heavy atom. The van der Waals surface area contributed by atoms with Crippen LogP contribution in [0.2, 0.25) is 0 Å². The zero-order valence-corrected chi connectivity index (χ0v) is 7.69. The number of hydrogen-bond acceptors (Lipinski definition) is 1. The first-order chi connectivity index (χ1) is 1.91. The Balaban J connectivity index is 0. The molecule has 24 valence electrons. The molecule has 0 unspecified atom stereocenters. The van der Waals surface area contributed by atoms with Gasteiger partial charge in [-0.05, 0) is 0 Å². The summed E-state index contributed by atoms with van der Waals surface area (Å²) >= 11 is 0.814. The predicted octanol–water partition coefficient (Wildman–Crippen LogP) is -1.57. The van der Waals surface area contributed by atoms with Crippen LogP contribution in [0.5, 0.6) is 0 Å². The third-order valence-corrected chi connectivity index (χ3v) is 1.96. The Morgan fingerprint density at radius 3 is 2.00 bits per heavy atom. The molecule has 0 aliphatic carbocycles. The molecule has 0 atom stereocenters. The van der Waals surface area contributed by atoms with E-state index in [4.69, 9.17) is 5.26 Å². The van der Waals surface area contributed by atoms with Gasteiger partial charge in [-0.25, -0.2) is 0 Å². The first-order valence-electron chi connectivity index (χ1n) is 0.836. The SMILES string of the molecule is N#C[Se][K].O. The minimum Gasteiger partial charge on any atom is -0.412 e. The molecule has 0 fully saturated rings. The molecule has 0 heterocycles. The molecule has 0 aliphatic rings. The average molecular weight is 162 g/mol. The maximum atomic E-state index is 7.70. The van der Waals surface area contributed by atoms with Crippen molar-refractivity contribution in [2.45, 2.75) is 0 Å². The zero-order chi connectivity index (χ0) is 3.41. The van der Waals surface area contributed by atoms with E-state index in [1.165, 1.54) is 0 Å². The van der Waals surface area contributed by atoms with Crippen molar-refractivity contribution in [1.29, 1.82) is 5.26 Å². The van der Waals surface area contributed by atoms with E-state index < -0.39 is 0 Å². The van der Waals surface area contributed by atoms with Crippen molar-refractivity contribution in [1.82, 2.24) is 0 Å². The molecule has 0 aliphatic heterocycles.